The maximum absolute atomic E-state index is 10.7. The molecule has 1 atom stereocenters. The first-order valence-electron chi connectivity index (χ1n) is 6.20. The van der Waals surface area contributed by atoms with Gasteiger partial charge in [-0.05, 0) is 24.8 Å². The summed E-state index contributed by atoms with van der Waals surface area (Å²) in [5.41, 5.74) is 0.954. The number of nitro groups is 1. The van der Waals surface area contributed by atoms with Crippen molar-refractivity contribution in [3.63, 3.8) is 0 Å². The quantitative estimate of drug-likeness (QED) is 0.660. The molecule has 1 aliphatic rings. The summed E-state index contributed by atoms with van der Waals surface area (Å²) >= 11 is 0. The number of rotatable bonds is 3. The molecule has 1 N–H and O–H groups in total. The number of piperidine rings is 1. The summed E-state index contributed by atoms with van der Waals surface area (Å²) in [6.45, 7) is 1.62. The van der Waals surface area contributed by atoms with Gasteiger partial charge in [-0.25, -0.2) is 0 Å². The molecule has 0 amide bonds. The zero-order valence-corrected chi connectivity index (χ0v) is 10.5. The Labute approximate surface area is 111 Å². The molecule has 1 aliphatic heterocycles. The van der Waals surface area contributed by atoms with Gasteiger partial charge in [0.2, 0.25) is 0 Å². The summed E-state index contributed by atoms with van der Waals surface area (Å²) in [5, 5.41) is 29.1. The van der Waals surface area contributed by atoms with Crippen LogP contribution >= 0.6 is 0 Å². The molecule has 0 aliphatic carbocycles. The van der Waals surface area contributed by atoms with Crippen LogP contribution in [-0.4, -0.2) is 29.7 Å². The molecule has 0 radical (unpaired) electrons. The second kappa shape index (κ2) is 5.67. The average Bonchev–Trinajstić information content (AvgIpc) is 2.46. The van der Waals surface area contributed by atoms with Crippen molar-refractivity contribution in [2.45, 2.75) is 12.8 Å². The van der Waals surface area contributed by atoms with Crippen molar-refractivity contribution in [3.8, 4) is 6.07 Å². The van der Waals surface area contributed by atoms with Crippen molar-refractivity contribution >= 4 is 11.4 Å². The van der Waals surface area contributed by atoms with Crippen LogP contribution in [0.1, 0.15) is 18.4 Å². The van der Waals surface area contributed by atoms with Gasteiger partial charge in [0.15, 0.2) is 0 Å². The standard InChI is InChI=1S/C13H15N3O3/c14-7-11-6-12(16(18)19)3-4-13(11)15-5-1-2-10(8-15)9-17/h3-4,6,10,17H,1-2,5,8-9H2/t10-/m0/s1. The number of nitriles is 1. The van der Waals surface area contributed by atoms with Crippen LogP contribution in [0.3, 0.4) is 0 Å². The molecule has 6 heteroatoms. The Morgan fingerprint density at radius 3 is 3.00 bits per heavy atom. The molecule has 1 saturated heterocycles. The highest BCUT2D eigenvalue weighted by Crippen LogP contribution is 2.28. The van der Waals surface area contributed by atoms with E-state index < -0.39 is 4.92 Å². The summed E-state index contributed by atoms with van der Waals surface area (Å²) in [4.78, 5) is 12.2. The fraction of sp³-hybridized carbons (Fsp3) is 0.462. The van der Waals surface area contributed by atoms with Gasteiger partial charge in [0.25, 0.3) is 5.69 Å². The van der Waals surface area contributed by atoms with Gasteiger partial charge in [0.1, 0.15) is 6.07 Å². The van der Waals surface area contributed by atoms with Crippen LogP contribution in [-0.2, 0) is 0 Å². The highest BCUT2D eigenvalue weighted by atomic mass is 16.6. The van der Waals surface area contributed by atoms with E-state index >= 15 is 0 Å². The monoisotopic (exact) mass is 261 g/mol. The normalized spacial score (nSPS) is 18.9. The van der Waals surface area contributed by atoms with Gasteiger partial charge in [0.05, 0.1) is 16.2 Å². The highest BCUT2D eigenvalue weighted by molar-refractivity contribution is 5.63. The smallest absolute Gasteiger partial charge is 0.270 e. The molecule has 2 rings (SSSR count). The maximum atomic E-state index is 10.7. The van der Waals surface area contributed by atoms with Gasteiger partial charge >= 0.3 is 0 Å². The van der Waals surface area contributed by atoms with Crippen LogP contribution in [0.4, 0.5) is 11.4 Å². The molecule has 0 unspecified atom stereocenters. The minimum atomic E-state index is -0.503. The van der Waals surface area contributed by atoms with Crippen LogP contribution in [0.2, 0.25) is 0 Å². The topological polar surface area (TPSA) is 90.4 Å². The first-order valence-corrected chi connectivity index (χ1v) is 6.20. The fourth-order valence-electron chi connectivity index (χ4n) is 2.44. The van der Waals surface area contributed by atoms with Crippen molar-refractivity contribution in [2.24, 2.45) is 5.92 Å². The molecule has 0 spiro atoms. The Morgan fingerprint density at radius 2 is 2.37 bits per heavy atom. The molecule has 19 heavy (non-hydrogen) atoms. The van der Waals surface area contributed by atoms with E-state index in [-0.39, 0.29) is 18.2 Å². The third-order valence-corrected chi connectivity index (χ3v) is 3.43. The van der Waals surface area contributed by atoms with Crippen molar-refractivity contribution in [3.05, 3.63) is 33.9 Å². The summed E-state index contributed by atoms with van der Waals surface area (Å²) < 4.78 is 0. The van der Waals surface area contributed by atoms with Crippen molar-refractivity contribution in [1.82, 2.24) is 0 Å². The predicted molar refractivity (Wildman–Crippen MR) is 69.8 cm³/mol. The van der Waals surface area contributed by atoms with Gasteiger partial charge in [0, 0.05) is 31.8 Å². The molecular formula is C13H15N3O3. The lowest BCUT2D eigenvalue weighted by atomic mass is 9.97. The van der Waals surface area contributed by atoms with E-state index in [2.05, 4.69) is 0 Å². The molecule has 6 nitrogen and oxygen atoms in total. The number of benzene rings is 1. The Bertz CT molecular complexity index is 524. The van der Waals surface area contributed by atoms with E-state index in [9.17, 15) is 15.2 Å². The van der Waals surface area contributed by atoms with E-state index in [1.807, 2.05) is 11.0 Å². The van der Waals surface area contributed by atoms with Gasteiger partial charge in [-0.1, -0.05) is 0 Å². The maximum Gasteiger partial charge on any atom is 0.270 e. The van der Waals surface area contributed by atoms with Crippen molar-refractivity contribution < 1.29 is 10.0 Å². The summed E-state index contributed by atoms with van der Waals surface area (Å²) in [7, 11) is 0. The molecule has 1 fully saturated rings. The molecule has 0 bridgehead atoms. The molecule has 1 heterocycles. The molecular weight excluding hydrogens is 246 g/mol. The van der Waals surface area contributed by atoms with E-state index in [1.54, 1.807) is 6.07 Å². The SMILES string of the molecule is N#Cc1cc([N+](=O)[O-])ccc1N1CCC[C@H](CO)C1. The summed E-state index contributed by atoms with van der Waals surface area (Å²) in [6.07, 6.45) is 1.93. The Hall–Kier alpha value is -2.13. The minimum absolute atomic E-state index is 0.0731. The zero-order valence-electron chi connectivity index (χ0n) is 10.5. The molecule has 100 valence electrons. The lowest BCUT2D eigenvalue weighted by molar-refractivity contribution is -0.384. The Morgan fingerprint density at radius 1 is 1.58 bits per heavy atom. The number of aliphatic hydroxyl groups excluding tert-OH is 1. The molecule has 0 aromatic heterocycles. The van der Waals surface area contributed by atoms with Crippen molar-refractivity contribution in [1.29, 1.82) is 5.26 Å². The highest BCUT2D eigenvalue weighted by Gasteiger charge is 2.22. The largest absolute Gasteiger partial charge is 0.396 e. The second-order valence-corrected chi connectivity index (χ2v) is 4.71. The molecule has 1 aromatic rings. The van der Waals surface area contributed by atoms with E-state index in [0.717, 1.165) is 19.4 Å². The summed E-state index contributed by atoms with van der Waals surface area (Å²) in [5.74, 6) is 0.204. The Balaban J connectivity index is 2.29. The first kappa shape index (κ1) is 13.3. The zero-order chi connectivity index (χ0) is 13.8. The molecule has 0 saturated carbocycles. The number of aliphatic hydroxyl groups is 1. The van der Waals surface area contributed by atoms with Crippen LogP contribution in [0.15, 0.2) is 18.2 Å². The van der Waals surface area contributed by atoms with E-state index in [0.29, 0.717) is 17.8 Å². The number of nitro benzene ring substituents is 1. The lowest BCUT2D eigenvalue weighted by Crippen LogP contribution is -2.37. The van der Waals surface area contributed by atoms with E-state index in [1.165, 1.54) is 12.1 Å². The second-order valence-electron chi connectivity index (χ2n) is 4.71. The van der Waals surface area contributed by atoms with Gasteiger partial charge in [-0.2, -0.15) is 5.26 Å². The van der Waals surface area contributed by atoms with Gasteiger partial charge in [-0.15, -0.1) is 0 Å². The number of hydrogen-bond acceptors (Lipinski definition) is 5. The predicted octanol–water partition coefficient (Wildman–Crippen LogP) is 1.68. The number of hydrogen-bond donors (Lipinski definition) is 1. The van der Waals surface area contributed by atoms with Gasteiger partial charge in [-0.3, -0.25) is 10.1 Å². The Kier molecular flexibility index (Phi) is 3.97. The van der Waals surface area contributed by atoms with E-state index in [4.69, 9.17) is 5.26 Å². The van der Waals surface area contributed by atoms with Crippen LogP contribution < -0.4 is 4.90 Å². The number of nitrogens with zero attached hydrogens (tertiary/aromatic N) is 3. The van der Waals surface area contributed by atoms with Crippen LogP contribution in [0.25, 0.3) is 0 Å². The lowest BCUT2D eigenvalue weighted by Gasteiger charge is -2.34. The third kappa shape index (κ3) is 2.83. The molecule has 1 aromatic carbocycles. The average molecular weight is 261 g/mol. The van der Waals surface area contributed by atoms with Crippen molar-refractivity contribution in [2.75, 3.05) is 24.6 Å². The number of non-ortho nitro benzene ring substituents is 1. The third-order valence-electron chi connectivity index (χ3n) is 3.43. The van der Waals surface area contributed by atoms with Gasteiger partial charge < -0.3 is 10.0 Å². The fourth-order valence-corrected chi connectivity index (χ4v) is 2.44. The number of anilines is 1. The minimum Gasteiger partial charge on any atom is -0.396 e. The van der Waals surface area contributed by atoms with Crippen LogP contribution in [0.5, 0.6) is 0 Å². The first-order chi connectivity index (χ1) is 9.15. The van der Waals surface area contributed by atoms with Crippen LogP contribution in [0, 0.1) is 27.4 Å². The summed E-state index contributed by atoms with van der Waals surface area (Å²) in [6, 6.07) is 6.35.